The Labute approximate surface area is 311 Å². The van der Waals surface area contributed by atoms with E-state index in [9.17, 15) is 13.2 Å². The third-order valence-corrected chi connectivity index (χ3v) is 12.5. The van der Waals surface area contributed by atoms with Gasteiger partial charge in [-0.15, -0.1) is 0 Å². The minimum Gasteiger partial charge on any atom is -0.469 e. The van der Waals surface area contributed by atoms with Gasteiger partial charge in [0.15, 0.2) is 33.1 Å². The van der Waals surface area contributed by atoms with Crippen LogP contribution < -0.4 is 4.74 Å². The molecule has 5 aromatic rings. The molecule has 0 amide bonds. The summed E-state index contributed by atoms with van der Waals surface area (Å²) < 4.78 is 86.7. The van der Waals surface area contributed by atoms with Gasteiger partial charge in [-0.3, -0.25) is 4.79 Å². The number of rotatable bonds is 4. The van der Waals surface area contributed by atoms with Gasteiger partial charge in [0.25, 0.3) is 0 Å². The lowest BCUT2D eigenvalue weighted by Crippen LogP contribution is -2.29. The number of carbonyl (C=O) groups excluding carboxylic acids is 1. The van der Waals surface area contributed by atoms with Crippen LogP contribution in [0.15, 0.2) is 48.7 Å². The quantitative estimate of drug-likeness (QED) is 0.182. The highest BCUT2D eigenvalue weighted by Crippen LogP contribution is 2.43. The fourth-order valence-electron chi connectivity index (χ4n) is 7.36. The van der Waals surface area contributed by atoms with Crippen molar-refractivity contribution in [2.75, 3.05) is 18.6 Å². The summed E-state index contributed by atoms with van der Waals surface area (Å²) in [5, 5.41) is 4.96. The Morgan fingerprint density at radius 2 is 1.87 bits per heavy atom. The Kier molecular flexibility index (Phi) is 10.5. The topological polar surface area (TPSA) is 116 Å². The molecule has 4 bridgehead atoms. The Bertz CT molecular complexity index is 2320. The first kappa shape index (κ1) is 38.4. The number of sulfone groups is 1. The highest BCUT2D eigenvalue weighted by molar-refractivity contribution is 7.91. The van der Waals surface area contributed by atoms with Crippen molar-refractivity contribution in [3.63, 3.8) is 0 Å². The number of carbonyl (C=O) groups is 1. The van der Waals surface area contributed by atoms with Crippen LogP contribution in [0.3, 0.4) is 0 Å². The SMILES string of the molecule is COC(=O)[C@H](C)Cc1cccc([C@@]2(C)CCCC(C)(C)CS(=O)(=O)CCc3c(c(F)c(F)c4[nH]cc(Cl)c34)Oc3ccc(F)c(c3)-c3nc2nn3C)c1. The van der Waals surface area contributed by atoms with Crippen molar-refractivity contribution in [1.29, 1.82) is 0 Å². The monoisotopic (exact) mass is 770 g/mol. The lowest BCUT2D eigenvalue weighted by molar-refractivity contribution is -0.144. The summed E-state index contributed by atoms with van der Waals surface area (Å²) in [6.07, 6.45) is 3.14. The van der Waals surface area contributed by atoms with Crippen molar-refractivity contribution < 1.29 is 35.9 Å². The molecule has 53 heavy (non-hydrogen) atoms. The van der Waals surface area contributed by atoms with E-state index in [2.05, 4.69) is 4.98 Å². The van der Waals surface area contributed by atoms with Crippen molar-refractivity contribution in [3.05, 3.63) is 93.7 Å². The van der Waals surface area contributed by atoms with Gasteiger partial charge in [-0.1, -0.05) is 63.1 Å². The van der Waals surface area contributed by atoms with Crippen molar-refractivity contribution >= 4 is 38.3 Å². The van der Waals surface area contributed by atoms with Gasteiger partial charge >= 0.3 is 5.97 Å². The second-order valence-electron chi connectivity index (χ2n) is 15.0. The van der Waals surface area contributed by atoms with Crippen molar-refractivity contribution in [3.8, 4) is 22.9 Å². The molecule has 0 saturated carbocycles. The molecular weight excluding hydrogens is 729 g/mol. The third-order valence-electron chi connectivity index (χ3n) is 10.2. The number of hydrogen-bond donors (Lipinski definition) is 1. The smallest absolute Gasteiger partial charge is 0.308 e. The molecule has 1 N–H and O–H groups in total. The molecule has 0 radical (unpaired) electrons. The molecule has 3 aromatic carbocycles. The number of esters is 1. The Hall–Kier alpha value is -4.36. The van der Waals surface area contributed by atoms with Crippen LogP contribution >= 0.6 is 11.6 Å². The summed E-state index contributed by atoms with van der Waals surface area (Å²) in [7, 11) is -0.754. The van der Waals surface area contributed by atoms with Crippen LogP contribution in [0.25, 0.3) is 22.3 Å². The van der Waals surface area contributed by atoms with E-state index < -0.39 is 43.9 Å². The lowest BCUT2D eigenvalue weighted by Gasteiger charge is -2.31. The van der Waals surface area contributed by atoms with Crippen LogP contribution in [-0.4, -0.2) is 52.8 Å². The minimum absolute atomic E-state index is 0.000217. The molecule has 2 aromatic heterocycles. The van der Waals surface area contributed by atoms with Gasteiger partial charge in [0.05, 0.1) is 46.1 Å². The van der Waals surface area contributed by atoms with E-state index in [1.54, 1.807) is 14.0 Å². The van der Waals surface area contributed by atoms with E-state index in [-0.39, 0.29) is 68.4 Å². The maximum absolute atomic E-state index is 15.8. The molecule has 9 nitrogen and oxygen atoms in total. The van der Waals surface area contributed by atoms with Crippen LogP contribution in [0.1, 0.15) is 69.5 Å². The Balaban J connectivity index is 1.51. The highest BCUT2D eigenvalue weighted by atomic mass is 35.5. The number of halogens is 4. The molecule has 0 unspecified atom stereocenters. The molecule has 1 aliphatic rings. The van der Waals surface area contributed by atoms with Crippen molar-refractivity contribution in [1.82, 2.24) is 19.7 Å². The fraction of sp³-hybridized carbons (Fsp3) is 0.410. The van der Waals surface area contributed by atoms with Crippen LogP contribution in [0.4, 0.5) is 13.2 Å². The van der Waals surface area contributed by atoms with E-state index >= 15 is 13.2 Å². The first-order chi connectivity index (χ1) is 24.9. The zero-order valence-electron chi connectivity index (χ0n) is 30.4. The largest absolute Gasteiger partial charge is 0.469 e. The number of ether oxygens (including phenoxy) is 2. The molecule has 3 heterocycles. The number of fused-ring (bicyclic) bond motifs is 8. The Morgan fingerprint density at radius 1 is 1.11 bits per heavy atom. The number of aromatic nitrogens is 4. The molecule has 282 valence electrons. The van der Waals surface area contributed by atoms with Crippen molar-refractivity contribution in [2.45, 2.75) is 65.2 Å². The molecule has 0 spiro atoms. The number of nitrogens with one attached hydrogen (secondary N) is 1. The molecular formula is C39H42ClF3N4O5S. The van der Waals surface area contributed by atoms with Crippen LogP contribution in [0.2, 0.25) is 5.02 Å². The van der Waals surface area contributed by atoms with Crippen LogP contribution in [0, 0.1) is 28.8 Å². The van der Waals surface area contributed by atoms with Gasteiger partial charge in [0.2, 0.25) is 5.82 Å². The summed E-state index contributed by atoms with van der Waals surface area (Å²) in [4.78, 5) is 19.7. The normalized spacial score (nSPS) is 19.4. The molecule has 0 aliphatic carbocycles. The van der Waals surface area contributed by atoms with E-state index in [1.807, 2.05) is 45.0 Å². The van der Waals surface area contributed by atoms with Gasteiger partial charge in [-0.2, -0.15) is 9.49 Å². The molecule has 14 heteroatoms. The number of methoxy groups -OCH3 is 1. The van der Waals surface area contributed by atoms with Gasteiger partial charge in [-0.25, -0.2) is 26.9 Å². The second-order valence-corrected chi connectivity index (χ2v) is 17.6. The maximum Gasteiger partial charge on any atom is 0.308 e. The summed E-state index contributed by atoms with van der Waals surface area (Å²) in [5.74, 6) is -4.50. The zero-order chi connectivity index (χ0) is 38.5. The summed E-state index contributed by atoms with van der Waals surface area (Å²) in [6, 6.07) is 11.5. The minimum atomic E-state index is -3.75. The highest BCUT2D eigenvalue weighted by Gasteiger charge is 2.36. The summed E-state index contributed by atoms with van der Waals surface area (Å²) in [5.41, 5.74) is 0.130. The first-order valence-electron chi connectivity index (χ1n) is 17.4. The van der Waals surface area contributed by atoms with E-state index in [0.29, 0.717) is 31.5 Å². The van der Waals surface area contributed by atoms with Gasteiger partial charge in [-0.05, 0) is 67.3 Å². The molecule has 1 aliphatic heterocycles. The summed E-state index contributed by atoms with van der Waals surface area (Å²) >= 11 is 6.43. The average Bonchev–Trinajstić information content (AvgIpc) is 3.68. The summed E-state index contributed by atoms with van der Waals surface area (Å²) in [6.45, 7) is 7.56. The van der Waals surface area contributed by atoms with Crippen molar-refractivity contribution in [2.24, 2.45) is 18.4 Å². The van der Waals surface area contributed by atoms with Gasteiger partial charge in [0.1, 0.15) is 11.6 Å². The number of hydrogen-bond acceptors (Lipinski definition) is 7. The van der Waals surface area contributed by atoms with E-state index in [1.165, 1.54) is 30.1 Å². The molecule has 6 rings (SSSR count). The predicted molar refractivity (Wildman–Crippen MR) is 197 cm³/mol. The van der Waals surface area contributed by atoms with Crippen LogP contribution in [0.5, 0.6) is 11.5 Å². The number of aromatic amines is 1. The van der Waals surface area contributed by atoms with Crippen LogP contribution in [-0.2, 0) is 44.7 Å². The number of benzene rings is 3. The number of nitrogens with zero attached hydrogens (tertiary/aromatic N) is 3. The molecule has 2 atom stereocenters. The van der Waals surface area contributed by atoms with E-state index in [4.69, 9.17) is 31.2 Å². The molecule has 0 saturated heterocycles. The average molecular weight is 771 g/mol. The van der Waals surface area contributed by atoms with Gasteiger partial charge in [0, 0.05) is 24.2 Å². The first-order valence-corrected chi connectivity index (χ1v) is 19.6. The number of H-pyrrole nitrogens is 1. The Morgan fingerprint density at radius 3 is 2.60 bits per heavy atom. The van der Waals surface area contributed by atoms with Gasteiger partial charge < -0.3 is 14.5 Å². The standard InChI is InChI=1S/C39H42ClF3N4O5S/c1-22(36(48)51-6)17-23-9-7-10-24(18-23)39(4)15-8-14-38(2,3)21-53(49,50)16-13-26-30-28(40)20-44-33(30)31(42)32(43)34(26)52-25-11-12-29(41)27(19-25)35-45-37(39)46-47(35)5/h7,9-12,18-20,22,44H,8,13-17,21H2,1-6H3/t22-,39-/m1/s1. The lowest BCUT2D eigenvalue weighted by atomic mass is 9.75. The molecule has 0 fully saturated rings. The van der Waals surface area contributed by atoms with E-state index in [0.717, 1.165) is 17.2 Å². The second kappa shape index (κ2) is 14.5. The predicted octanol–water partition coefficient (Wildman–Crippen LogP) is 8.65. The third kappa shape index (κ3) is 7.68. The fourth-order valence-corrected chi connectivity index (χ4v) is 9.62. The maximum atomic E-state index is 15.8. The zero-order valence-corrected chi connectivity index (χ0v) is 32.0. The number of aryl methyl sites for hydroxylation is 2.